The van der Waals surface area contributed by atoms with Crippen LogP contribution in [0.2, 0.25) is 0 Å². The molecule has 0 unspecified atom stereocenters. The molecule has 2 aromatic carbocycles. The Kier molecular flexibility index (Phi) is 4.31. The van der Waals surface area contributed by atoms with Gasteiger partial charge >= 0.3 is 0 Å². The molecule has 1 fully saturated rings. The maximum Gasteiger partial charge on any atom is 0.242 e. The molecular formula is C21H19FN6O. The van der Waals surface area contributed by atoms with E-state index in [0.717, 1.165) is 23.7 Å². The fourth-order valence-corrected chi connectivity index (χ4v) is 3.64. The second-order valence-corrected chi connectivity index (χ2v) is 7.09. The van der Waals surface area contributed by atoms with E-state index in [-0.39, 0.29) is 11.7 Å². The molecular weight excluding hydrogens is 371 g/mol. The van der Waals surface area contributed by atoms with Crippen LogP contribution in [-0.4, -0.2) is 38.1 Å². The standard InChI is InChI=1S/C21H19FN6O/c22-15-9-3-1-7-13(15)18-26-19-14-8-2-4-10-16(14)24-21(28(19)27-18)25-17-11-5-6-12-23-20(17)29/h1-4,7-10,17H,5-6,11-12H2,(H,23,29)(H,24,25)/t17-/m1/s1. The summed E-state index contributed by atoms with van der Waals surface area (Å²) >= 11 is 0. The average molecular weight is 390 g/mol. The molecule has 0 bridgehead atoms. The number of amides is 1. The van der Waals surface area contributed by atoms with Gasteiger partial charge < -0.3 is 10.6 Å². The maximum absolute atomic E-state index is 14.3. The first-order chi connectivity index (χ1) is 14.2. The van der Waals surface area contributed by atoms with Gasteiger partial charge in [-0.2, -0.15) is 4.52 Å². The van der Waals surface area contributed by atoms with Crippen LogP contribution in [0, 0.1) is 5.82 Å². The quantitative estimate of drug-likeness (QED) is 0.561. The van der Waals surface area contributed by atoms with E-state index in [9.17, 15) is 9.18 Å². The number of rotatable bonds is 3. The van der Waals surface area contributed by atoms with E-state index in [2.05, 4.69) is 25.7 Å². The monoisotopic (exact) mass is 390 g/mol. The zero-order valence-corrected chi connectivity index (χ0v) is 15.6. The number of hydrogen-bond acceptors (Lipinski definition) is 5. The van der Waals surface area contributed by atoms with Crippen molar-refractivity contribution in [2.24, 2.45) is 0 Å². The largest absolute Gasteiger partial charge is 0.354 e. The van der Waals surface area contributed by atoms with Gasteiger partial charge in [-0.05, 0) is 43.5 Å². The topological polar surface area (TPSA) is 84.2 Å². The molecule has 29 heavy (non-hydrogen) atoms. The number of halogens is 1. The smallest absolute Gasteiger partial charge is 0.242 e. The number of hydrogen-bond donors (Lipinski definition) is 2. The van der Waals surface area contributed by atoms with Gasteiger partial charge in [-0.1, -0.05) is 24.3 Å². The Bertz CT molecular complexity index is 1220. The van der Waals surface area contributed by atoms with Crippen LogP contribution in [0.3, 0.4) is 0 Å². The van der Waals surface area contributed by atoms with Crippen molar-refractivity contribution >= 4 is 28.4 Å². The van der Waals surface area contributed by atoms with E-state index < -0.39 is 11.9 Å². The van der Waals surface area contributed by atoms with Crippen molar-refractivity contribution in [3.05, 3.63) is 54.3 Å². The van der Waals surface area contributed by atoms with Crippen molar-refractivity contribution in [1.82, 2.24) is 24.9 Å². The predicted molar refractivity (Wildman–Crippen MR) is 108 cm³/mol. The molecule has 1 aliphatic heterocycles. The molecule has 1 saturated heterocycles. The summed E-state index contributed by atoms with van der Waals surface area (Å²) in [4.78, 5) is 21.7. The number of para-hydroxylation sites is 1. The van der Waals surface area contributed by atoms with Crippen LogP contribution >= 0.6 is 0 Å². The SMILES string of the molecule is O=C1NCCCC[C@H]1Nc1nc2ccccc2c2nc(-c3ccccc3F)nn12. The van der Waals surface area contributed by atoms with Gasteiger partial charge in [-0.3, -0.25) is 4.79 Å². The van der Waals surface area contributed by atoms with Crippen LogP contribution in [0.4, 0.5) is 10.3 Å². The highest BCUT2D eigenvalue weighted by atomic mass is 19.1. The minimum Gasteiger partial charge on any atom is -0.354 e. The molecule has 8 heteroatoms. The number of carbonyl (C=O) groups excluding carboxylic acids is 1. The highest BCUT2D eigenvalue weighted by molar-refractivity contribution is 5.93. The van der Waals surface area contributed by atoms with E-state index in [1.54, 1.807) is 22.7 Å². The third-order valence-corrected chi connectivity index (χ3v) is 5.13. The summed E-state index contributed by atoms with van der Waals surface area (Å²) in [5, 5.41) is 11.5. The van der Waals surface area contributed by atoms with Gasteiger partial charge in [0.25, 0.3) is 0 Å². The Hall–Kier alpha value is -3.55. The Balaban J connectivity index is 1.68. The van der Waals surface area contributed by atoms with Crippen molar-refractivity contribution in [1.29, 1.82) is 0 Å². The van der Waals surface area contributed by atoms with Crippen LogP contribution in [0.1, 0.15) is 19.3 Å². The lowest BCUT2D eigenvalue weighted by Crippen LogP contribution is -2.38. The van der Waals surface area contributed by atoms with Crippen LogP contribution in [0.15, 0.2) is 48.5 Å². The molecule has 0 radical (unpaired) electrons. The van der Waals surface area contributed by atoms with Crippen LogP contribution < -0.4 is 10.6 Å². The van der Waals surface area contributed by atoms with E-state index in [1.807, 2.05) is 24.3 Å². The van der Waals surface area contributed by atoms with Gasteiger partial charge in [-0.15, -0.1) is 5.10 Å². The van der Waals surface area contributed by atoms with Gasteiger partial charge in [0.2, 0.25) is 11.9 Å². The molecule has 0 aliphatic carbocycles. The zero-order chi connectivity index (χ0) is 19.8. The molecule has 0 saturated carbocycles. The number of carbonyl (C=O) groups is 1. The summed E-state index contributed by atoms with van der Waals surface area (Å²) in [6.07, 6.45) is 2.59. The normalized spacial score (nSPS) is 17.3. The Morgan fingerprint density at radius 2 is 1.90 bits per heavy atom. The van der Waals surface area contributed by atoms with Crippen LogP contribution in [-0.2, 0) is 4.79 Å². The second kappa shape index (κ2) is 7.12. The first kappa shape index (κ1) is 17.5. The molecule has 0 spiro atoms. The molecule has 7 nitrogen and oxygen atoms in total. The third kappa shape index (κ3) is 3.16. The van der Waals surface area contributed by atoms with Crippen molar-refractivity contribution in [3.8, 4) is 11.4 Å². The summed E-state index contributed by atoms with van der Waals surface area (Å²) in [6.45, 7) is 0.679. The van der Waals surface area contributed by atoms with Gasteiger partial charge in [0.1, 0.15) is 11.9 Å². The molecule has 2 aromatic heterocycles. The van der Waals surface area contributed by atoms with E-state index in [0.29, 0.717) is 30.1 Å². The summed E-state index contributed by atoms with van der Waals surface area (Å²) < 4.78 is 15.9. The Labute approximate surface area is 166 Å². The summed E-state index contributed by atoms with van der Waals surface area (Å²) in [7, 11) is 0. The van der Waals surface area contributed by atoms with Gasteiger partial charge in [0.05, 0.1) is 11.1 Å². The summed E-state index contributed by atoms with van der Waals surface area (Å²) in [6, 6.07) is 13.6. The van der Waals surface area contributed by atoms with E-state index >= 15 is 0 Å². The first-order valence-electron chi connectivity index (χ1n) is 9.65. The molecule has 5 rings (SSSR count). The third-order valence-electron chi connectivity index (χ3n) is 5.13. The Morgan fingerprint density at radius 1 is 1.07 bits per heavy atom. The van der Waals surface area contributed by atoms with Gasteiger partial charge in [-0.25, -0.2) is 14.4 Å². The lowest BCUT2D eigenvalue weighted by molar-refractivity contribution is -0.121. The second-order valence-electron chi connectivity index (χ2n) is 7.09. The molecule has 1 amide bonds. The average Bonchev–Trinajstić information content (AvgIpc) is 3.08. The van der Waals surface area contributed by atoms with Crippen molar-refractivity contribution in [2.45, 2.75) is 25.3 Å². The zero-order valence-electron chi connectivity index (χ0n) is 15.6. The molecule has 1 aliphatic rings. The molecule has 146 valence electrons. The Morgan fingerprint density at radius 3 is 2.79 bits per heavy atom. The fraction of sp³-hybridized carbons (Fsp3) is 0.238. The minimum atomic E-state index is -0.407. The van der Waals surface area contributed by atoms with E-state index in [1.165, 1.54) is 6.07 Å². The number of fused-ring (bicyclic) bond motifs is 3. The minimum absolute atomic E-state index is 0.0555. The van der Waals surface area contributed by atoms with Gasteiger partial charge in [0.15, 0.2) is 11.5 Å². The van der Waals surface area contributed by atoms with E-state index in [4.69, 9.17) is 0 Å². The predicted octanol–water partition coefficient (Wildman–Crippen LogP) is 3.16. The highest BCUT2D eigenvalue weighted by Gasteiger charge is 2.23. The molecule has 1 atom stereocenters. The number of aromatic nitrogens is 4. The van der Waals surface area contributed by atoms with Crippen LogP contribution in [0.25, 0.3) is 27.9 Å². The maximum atomic E-state index is 14.3. The summed E-state index contributed by atoms with van der Waals surface area (Å²) in [5.74, 6) is 0.240. The molecule has 4 aromatic rings. The molecule has 2 N–H and O–H groups in total. The first-order valence-corrected chi connectivity index (χ1v) is 9.65. The van der Waals surface area contributed by atoms with Crippen molar-refractivity contribution < 1.29 is 9.18 Å². The number of nitrogens with zero attached hydrogens (tertiary/aromatic N) is 4. The van der Waals surface area contributed by atoms with Crippen molar-refractivity contribution in [3.63, 3.8) is 0 Å². The lowest BCUT2D eigenvalue weighted by Gasteiger charge is -2.16. The lowest BCUT2D eigenvalue weighted by atomic mass is 10.1. The molecule has 3 heterocycles. The highest BCUT2D eigenvalue weighted by Crippen LogP contribution is 2.26. The van der Waals surface area contributed by atoms with Crippen molar-refractivity contribution in [2.75, 3.05) is 11.9 Å². The van der Waals surface area contributed by atoms with Gasteiger partial charge in [0, 0.05) is 11.9 Å². The van der Waals surface area contributed by atoms with Crippen LogP contribution in [0.5, 0.6) is 0 Å². The fourth-order valence-electron chi connectivity index (χ4n) is 3.64. The summed E-state index contributed by atoms with van der Waals surface area (Å²) in [5.41, 5.74) is 1.60. The number of benzene rings is 2. The number of anilines is 1. The number of nitrogens with one attached hydrogen (secondary N) is 2.